The van der Waals surface area contributed by atoms with Crippen molar-refractivity contribution in [2.24, 2.45) is 16.3 Å². The van der Waals surface area contributed by atoms with E-state index in [0.29, 0.717) is 24.0 Å². The number of rotatable bonds is 5. The number of fused-ring (bicyclic) bond motifs is 1. The summed E-state index contributed by atoms with van der Waals surface area (Å²) in [4.78, 5) is 4.49. The maximum atomic E-state index is 12.2. The highest BCUT2D eigenvalue weighted by atomic mass is 127. The van der Waals surface area contributed by atoms with Crippen molar-refractivity contribution in [2.75, 3.05) is 25.4 Å². The third-order valence-electron chi connectivity index (χ3n) is 5.30. The van der Waals surface area contributed by atoms with E-state index in [1.807, 2.05) is 6.92 Å². The van der Waals surface area contributed by atoms with Crippen LogP contribution < -0.4 is 10.6 Å². The minimum absolute atomic E-state index is 0. The van der Waals surface area contributed by atoms with Crippen LogP contribution >= 0.6 is 24.0 Å². The number of nitrogens with one attached hydrogen (secondary N) is 2. The summed E-state index contributed by atoms with van der Waals surface area (Å²) < 4.78 is 29.5. The van der Waals surface area contributed by atoms with Gasteiger partial charge in [0.1, 0.15) is 0 Å². The fourth-order valence-electron chi connectivity index (χ4n) is 3.67. The average molecular weight is 487 g/mol. The van der Waals surface area contributed by atoms with Crippen molar-refractivity contribution >= 4 is 39.8 Å². The van der Waals surface area contributed by atoms with Crippen LogP contribution in [0, 0.1) is 11.3 Å². The molecule has 0 amide bonds. The third-order valence-corrected chi connectivity index (χ3v) is 7.89. The zero-order chi connectivity index (χ0) is 18.2. The Morgan fingerprint density at radius 2 is 1.96 bits per heavy atom. The average Bonchev–Trinajstić information content (AvgIpc) is 2.90. The van der Waals surface area contributed by atoms with Gasteiger partial charge in [0.25, 0.3) is 0 Å². The number of sulfone groups is 1. The quantitative estimate of drug-likeness (QED) is 0.353. The Kier molecular flexibility index (Phi) is 7.61. The molecule has 2 N–H and O–H groups in total. The molecule has 1 heterocycles. The van der Waals surface area contributed by atoms with E-state index in [9.17, 15) is 8.42 Å². The maximum Gasteiger partial charge on any atom is 0.191 e. The highest BCUT2D eigenvalue weighted by Gasteiger charge is 2.59. The van der Waals surface area contributed by atoms with Gasteiger partial charge in [0.2, 0.25) is 0 Å². The molecule has 2 aliphatic rings. The van der Waals surface area contributed by atoms with Crippen molar-refractivity contribution in [3.8, 4) is 0 Å². The van der Waals surface area contributed by atoms with Crippen LogP contribution in [0.25, 0.3) is 0 Å². The van der Waals surface area contributed by atoms with Crippen molar-refractivity contribution in [1.82, 2.24) is 10.6 Å². The summed E-state index contributed by atoms with van der Waals surface area (Å²) in [6.45, 7) is 13.5. The van der Waals surface area contributed by atoms with Crippen LogP contribution in [0.4, 0.5) is 0 Å². The smallest absolute Gasteiger partial charge is 0.191 e. The lowest BCUT2D eigenvalue weighted by Crippen LogP contribution is -2.68. The molecule has 0 aromatic rings. The van der Waals surface area contributed by atoms with E-state index in [1.54, 1.807) is 20.8 Å². The number of hydrogen-bond donors (Lipinski definition) is 2. The Morgan fingerprint density at radius 1 is 1.32 bits per heavy atom. The third kappa shape index (κ3) is 4.80. The number of guanidine groups is 1. The second-order valence-corrected chi connectivity index (χ2v) is 11.2. The molecule has 3 atom stereocenters. The summed E-state index contributed by atoms with van der Waals surface area (Å²) in [6.07, 6.45) is 1.39. The van der Waals surface area contributed by atoms with Crippen LogP contribution in [-0.2, 0) is 14.6 Å². The molecule has 2 rings (SSSR count). The molecule has 0 bridgehead atoms. The highest BCUT2D eigenvalue weighted by molar-refractivity contribution is 14.0. The van der Waals surface area contributed by atoms with Gasteiger partial charge in [-0.15, -0.1) is 24.0 Å². The predicted molar refractivity (Wildman–Crippen MR) is 113 cm³/mol. The fourth-order valence-corrected chi connectivity index (χ4v) is 4.61. The Hall–Kier alpha value is -0.0900. The monoisotopic (exact) mass is 487 g/mol. The minimum atomic E-state index is -3.15. The van der Waals surface area contributed by atoms with E-state index in [0.717, 1.165) is 19.6 Å². The number of hydrogen-bond acceptors (Lipinski definition) is 4. The van der Waals surface area contributed by atoms with Gasteiger partial charge in [0.05, 0.1) is 23.1 Å². The van der Waals surface area contributed by atoms with Crippen molar-refractivity contribution in [2.45, 2.75) is 64.9 Å². The summed E-state index contributed by atoms with van der Waals surface area (Å²) in [7, 11) is -3.15. The van der Waals surface area contributed by atoms with Crippen LogP contribution in [0.15, 0.2) is 4.99 Å². The van der Waals surface area contributed by atoms with E-state index >= 15 is 0 Å². The second kappa shape index (κ2) is 8.29. The van der Waals surface area contributed by atoms with Crippen LogP contribution in [0.5, 0.6) is 0 Å². The Morgan fingerprint density at radius 3 is 2.52 bits per heavy atom. The van der Waals surface area contributed by atoms with E-state index in [-0.39, 0.29) is 41.7 Å². The molecular formula is C17H34IN3O3S. The summed E-state index contributed by atoms with van der Waals surface area (Å²) >= 11 is 0. The molecule has 3 unspecified atom stereocenters. The highest BCUT2D eigenvalue weighted by Crippen LogP contribution is 2.52. The first-order valence-corrected chi connectivity index (χ1v) is 10.5. The molecule has 25 heavy (non-hydrogen) atoms. The summed E-state index contributed by atoms with van der Waals surface area (Å²) in [5.74, 6) is 1.28. The van der Waals surface area contributed by atoms with Crippen molar-refractivity contribution in [1.29, 1.82) is 0 Å². The first-order chi connectivity index (χ1) is 11.0. The Balaban J connectivity index is 0.00000312. The molecule has 1 saturated carbocycles. The van der Waals surface area contributed by atoms with Crippen LogP contribution in [0.3, 0.4) is 0 Å². The van der Waals surface area contributed by atoms with Crippen LogP contribution in [-0.4, -0.2) is 56.7 Å². The molecule has 8 heteroatoms. The van der Waals surface area contributed by atoms with Gasteiger partial charge < -0.3 is 15.4 Å². The zero-order valence-electron chi connectivity index (χ0n) is 16.3. The van der Waals surface area contributed by atoms with E-state index in [4.69, 9.17) is 4.74 Å². The normalized spacial score (nSPS) is 28.6. The topological polar surface area (TPSA) is 79.8 Å². The molecule has 1 saturated heterocycles. The van der Waals surface area contributed by atoms with Gasteiger partial charge >= 0.3 is 0 Å². The van der Waals surface area contributed by atoms with Gasteiger partial charge in [-0.25, -0.2) is 8.42 Å². The van der Waals surface area contributed by atoms with Crippen molar-refractivity contribution < 1.29 is 13.2 Å². The summed E-state index contributed by atoms with van der Waals surface area (Å²) in [6, 6.07) is 0.307. The molecule has 6 nitrogen and oxygen atoms in total. The van der Waals surface area contributed by atoms with Gasteiger partial charge in [-0.3, -0.25) is 4.99 Å². The molecule has 0 aromatic carbocycles. The molecule has 148 valence electrons. The molecule has 2 fully saturated rings. The van der Waals surface area contributed by atoms with Gasteiger partial charge in [-0.05, 0) is 34.1 Å². The van der Waals surface area contributed by atoms with Crippen molar-refractivity contribution in [3.63, 3.8) is 0 Å². The SMILES string of the molecule is CCNC(=NCCS(=O)(=O)C(C)(C)C)NC1C2CCOC2C1(C)C.I. The number of ether oxygens (including phenoxy) is 1. The molecular weight excluding hydrogens is 453 g/mol. The van der Waals surface area contributed by atoms with Gasteiger partial charge in [-0.2, -0.15) is 0 Å². The Labute approximate surface area is 169 Å². The lowest BCUT2D eigenvalue weighted by atomic mass is 9.57. The van der Waals surface area contributed by atoms with Crippen LogP contribution in [0.2, 0.25) is 0 Å². The Bertz CT molecular complexity index is 584. The van der Waals surface area contributed by atoms with Gasteiger partial charge in [0, 0.05) is 30.5 Å². The van der Waals surface area contributed by atoms with Crippen LogP contribution in [0.1, 0.15) is 48.0 Å². The lowest BCUT2D eigenvalue weighted by molar-refractivity contribution is -0.106. The predicted octanol–water partition coefficient (Wildman–Crippen LogP) is 2.19. The van der Waals surface area contributed by atoms with Gasteiger partial charge in [-0.1, -0.05) is 13.8 Å². The molecule has 1 aliphatic carbocycles. The number of nitrogens with zero attached hydrogens (tertiary/aromatic N) is 1. The summed E-state index contributed by atoms with van der Waals surface area (Å²) in [5.41, 5.74) is 0.0643. The van der Waals surface area contributed by atoms with E-state index in [2.05, 4.69) is 29.5 Å². The fraction of sp³-hybridized carbons (Fsp3) is 0.941. The minimum Gasteiger partial charge on any atom is -0.377 e. The number of aliphatic imine (C=N–C) groups is 1. The molecule has 0 spiro atoms. The lowest BCUT2D eigenvalue weighted by Gasteiger charge is -2.54. The standard InChI is InChI=1S/C17H33N3O3S.HI/c1-7-18-15(19-9-11-24(21,22)16(2,3)4)20-13-12-8-10-23-14(12)17(13,5)6;/h12-14H,7-11H2,1-6H3,(H2,18,19,20);1H. The molecule has 0 radical (unpaired) electrons. The maximum absolute atomic E-state index is 12.2. The molecule has 0 aromatic heterocycles. The molecule has 1 aliphatic heterocycles. The largest absolute Gasteiger partial charge is 0.377 e. The van der Waals surface area contributed by atoms with Gasteiger partial charge in [0.15, 0.2) is 15.8 Å². The zero-order valence-corrected chi connectivity index (χ0v) is 19.4. The first kappa shape index (κ1) is 23.0. The second-order valence-electron chi connectivity index (χ2n) is 8.38. The first-order valence-electron chi connectivity index (χ1n) is 8.89. The van der Waals surface area contributed by atoms with Crippen molar-refractivity contribution in [3.05, 3.63) is 0 Å². The number of halogens is 1. The van der Waals surface area contributed by atoms with E-state index < -0.39 is 14.6 Å². The van der Waals surface area contributed by atoms with E-state index in [1.165, 1.54) is 0 Å². The summed E-state index contributed by atoms with van der Waals surface area (Å²) in [5, 5.41) is 6.73.